The van der Waals surface area contributed by atoms with Crippen LogP contribution in [0.25, 0.3) is 6.08 Å². The molecular weight excluding hydrogens is 407 g/mol. The fourth-order valence-electron chi connectivity index (χ4n) is 2.81. The minimum atomic E-state index is -3.76. The van der Waals surface area contributed by atoms with Gasteiger partial charge < -0.3 is 4.90 Å². The summed E-state index contributed by atoms with van der Waals surface area (Å²) < 4.78 is 27.0. The van der Waals surface area contributed by atoms with Crippen LogP contribution < -0.4 is 0 Å². The first kappa shape index (κ1) is 19.9. The van der Waals surface area contributed by atoms with Gasteiger partial charge in [-0.05, 0) is 23.8 Å². The van der Waals surface area contributed by atoms with Crippen molar-refractivity contribution in [1.82, 2.24) is 9.21 Å². The molecule has 0 spiro atoms. The van der Waals surface area contributed by atoms with Crippen molar-refractivity contribution in [2.75, 3.05) is 26.2 Å². The van der Waals surface area contributed by atoms with E-state index < -0.39 is 10.0 Å². The summed E-state index contributed by atoms with van der Waals surface area (Å²) in [6.07, 6.45) is 3.25. The Kier molecular flexibility index (Phi) is 6.22. The molecule has 5 nitrogen and oxygen atoms in total. The second kappa shape index (κ2) is 8.44. The lowest BCUT2D eigenvalue weighted by Crippen LogP contribution is -2.50. The van der Waals surface area contributed by atoms with Crippen LogP contribution >= 0.6 is 23.2 Å². The molecule has 3 rings (SSSR count). The first-order valence-electron chi connectivity index (χ1n) is 8.36. The maximum absolute atomic E-state index is 12.8. The monoisotopic (exact) mass is 424 g/mol. The summed E-state index contributed by atoms with van der Waals surface area (Å²) >= 11 is 12.0. The number of rotatable bonds is 4. The number of carbonyl (C=O) groups excluding carboxylic acids is 1. The smallest absolute Gasteiger partial charge is 0.246 e. The summed E-state index contributed by atoms with van der Waals surface area (Å²) in [5.41, 5.74) is 0.933. The van der Waals surface area contributed by atoms with Gasteiger partial charge in [0.25, 0.3) is 0 Å². The fourth-order valence-corrected chi connectivity index (χ4v) is 4.97. The predicted octanol–water partition coefficient (Wildman–Crippen LogP) is 3.54. The number of nitrogens with zero attached hydrogens (tertiary/aromatic N) is 2. The van der Waals surface area contributed by atoms with Crippen molar-refractivity contribution in [2.24, 2.45) is 0 Å². The molecule has 1 saturated heterocycles. The minimum Gasteiger partial charge on any atom is -0.337 e. The zero-order valence-electron chi connectivity index (χ0n) is 14.4. The summed E-state index contributed by atoms with van der Waals surface area (Å²) in [6.45, 7) is 1.04. The van der Waals surface area contributed by atoms with Gasteiger partial charge in [-0.15, -0.1) is 0 Å². The Morgan fingerprint density at radius 3 is 2.26 bits per heavy atom. The van der Waals surface area contributed by atoms with Crippen molar-refractivity contribution in [3.05, 3.63) is 70.2 Å². The Hall–Kier alpha value is -1.86. The summed E-state index contributed by atoms with van der Waals surface area (Å²) in [5, 5.41) is 0.209. The van der Waals surface area contributed by atoms with Gasteiger partial charge in [0.2, 0.25) is 15.9 Å². The average molecular weight is 425 g/mol. The molecule has 0 aromatic heterocycles. The highest BCUT2D eigenvalue weighted by molar-refractivity contribution is 7.89. The molecular formula is C19H18Cl2N2O3S. The SMILES string of the molecule is O=C(C=Cc1ccccc1)N1CCN(S(=O)(=O)c2cccc(Cl)c2Cl)CC1. The second-order valence-corrected chi connectivity index (χ2v) is 8.72. The molecule has 1 aliphatic heterocycles. The molecule has 1 heterocycles. The van der Waals surface area contributed by atoms with Gasteiger partial charge in [-0.3, -0.25) is 4.79 Å². The standard InChI is InChI=1S/C19H18Cl2N2O3S/c20-16-7-4-8-17(19(16)21)27(25,26)23-13-11-22(12-14-23)18(24)10-9-15-5-2-1-3-6-15/h1-10H,11-14H2. The highest BCUT2D eigenvalue weighted by Crippen LogP contribution is 2.31. The van der Waals surface area contributed by atoms with Crippen molar-refractivity contribution in [3.8, 4) is 0 Å². The van der Waals surface area contributed by atoms with Gasteiger partial charge in [-0.2, -0.15) is 4.31 Å². The van der Waals surface area contributed by atoms with E-state index in [1.807, 2.05) is 30.3 Å². The Morgan fingerprint density at radius 1 is 0.926 bits per heavy atom. The molecule has 2 aromatic carbocycles. The van der Waals surface area contributed by atoms with Gasteiger partial charge in [-0.1, -0.05) is 59.6 Å². The fraction of sp³-hybridized carbons (Fsp3) is 0.211. The molecule has 1 aliphatic rings. The predicted molar refractivity (Wildman–Crippen MR) is 107 cm³/mol. The summed E-state index contributed by atoms with van der Waals surface area (Å²) in [7, 11) is -3.76. The molecule has 0 saturated carbocycles. The molecule has 0 bridgehead atoms. The Balaban J connectivity index is 1.65. The third kappa shape index (κ3) is 4.52. The molecule has 0 N–H and O–H groups in total. The lowest BCUT2D eigenvalue weighted by molar-refractivity contribution is -0.127. The van der Waals surface area contributed by atoms with Crippen LogP contribution in [0.1, 0.15) is 5.56 Å². The normalized spacial score (nSPS) is 16.0. The molecule has 2 aromatic rings. The third-order valence-electron chi connectivity index (χ3n) is 4.30. The summed E-state index contributed by atoms with van der Waals surface area (Å²) in [6, 6.07) is 14.0. The van der Waals surface area contributed by atoms with Crippen molar-refractivity contribution < 1.29 is 13.2 Å². The number of benzene rings is 2. The topological polar surface area (TPSA) is 57.7 Å². The number of hydrogen-bond acceptors (Lipinski definition) is 3. The summed E-state index contributed by atoms with van der Waals surface area (Å²) in [5.74, 6) is -0.142. The molecule has 0 aliphatic carbocycles. The number of hydrogen-bond donors (Lipinski definition) is 0. The van der Waals surface area contributed by atoms with E-state index in [0.29, 0.717) is 13.1 Å². The van der Waals surface area contributed by atoms with Crippen molar-refractivity contribution in [3.63, 3.8) is 0 Å². The Labute approximate surface area is 168 Å². The van der Waals surface area contributed by atoms with Crippen LogP contribution in [0, 0.1) is 0 Å². The van der Waals surface area contributed by atoms with Crippen LogP contribution in [0.4, 0.5) is 0 Å². The number of carbonyl (C=O) groups is 1. The van der Waals surface area contributed by atoms with E-state index in [4.69, 9.17) is 23.2 Å². The molecule has 1 fully saturated rings. The van der Waals surface area contributed by atoms with E-state index in [9.17, 15) is 13.2 Å². The average Bonchev–Trinajstić information content (AvgIpc) is 2.69. The van der Waals surface area contributed by atoms with Crippen LogP contribution in [0.5, 0.6) is 0 Å². The van der Waals surface area contributed by atoms with Crippen molar-refractivity contribution >= 4 is 45.2 Å². The quantitative estimate of drug-likeness (QED) is 0.705. The summed E-state index contributed by atoms with van der Waals surface area (Å²) in [4.78, 5) is 13.9. The highest BCUT2D eigenvalue weighted by Gasteiger charge is 2.31. The highest BCUT2D eigenvalue weighted by atomic mass is 35.5. The van der Waals surface area contributed by atoms with Gasteiger partial charge in [0.05, 0.1) is 10.0 Å². The van der Waals surface area contributed by atoms with E-state index in [-0.39, 0.29) is 33.9 Å². The molecule has 0 unspecified atom stereocenters. The molecule has 1 amide bonds. The van der Waals surface area contributed by atoms with E-state index in [1.165, 1.54) is 16.4 Å². The number of amides is 1. The van der Waals surface area contributed by atoms with Gasteiger partial charge in [0.1, 0.15) is 4.90 Å². The molecule has 0 radical (unpaired) electrons. The van der Waals surface area contributed by atoms with Crippen LogP contribution in [0.2, 0.25) is 10.0 Å². The van der Waals surface area contributed by atoms with Gasteiger partial charge in [0, 0.05) is 32.3 Å². The van der Waals surface area contributed by atoms with Gasteiger partial charge >= 0.3 is 0 Å². The van der Waals surface area contributed by atoms with Crippen LogP contribution in [-0.4, -0.2) is 49.7 Å². The van der Waals surface area contributed by atoms with E-state index in [1.54, 1.807) is 23.1 Å². The van der Waals surface area contributed by atoms with Crippen LogP contribution in [0.15, 0.2) is 59.5 Å². The zero-order chi connectivity index (χ0) is 19.4. The first-order valence-corrected chi connectivity index (χ1v) is 10.6. The number of piperazine rings is 1. The van der Waals surface area contributed by atoms with Gasteiger partial charge in [0.15, 0.2) is 0 Å². The molecule has 8 heteroatoms. The first-order chi connectivity index (χ1) is 12.9. The second-order valence-electron chi connectivity index (χ2n) is 6.03. The van der Waals surface area contributed by atoms with Crippen molar-refractivity contribution in [2.45, 2.75) is 4.90 Å². The van der Waals surface area contributed by atoms with Crippen LogP contribution in [0.3, 0.4) is 0 Å². The maximum atomic E-state index is 12.8. The largest absolute Gasteiger partial charge is 0.337 e. The van der Waals surface area contributed by atoms with Crippen LogP contribution in [-0.2, 0) is 14.8 Å². The van der Waals surface area contributed by atoms with Gasteiger partial charge in [-0.25, -0.2) is 8.42 Å². The van der Waals surface area contributed by atoms with E-state index in [2.05, 4.69) is 0 Å². The Bertz CT molecular complexity index is 954. The lowest BCUT2D eigenvalue weighted by Gasteiger charge is -2.33. The minimum absolute atomic E-state index is 0.0135. The maximum Gasteiger partial charge on any atom is 0.246 e. The zero-order valence-corrected chi connectivity index (χ0v) is 16.7. The lowest BCUT2D eigenvalue weighted by atomic mass is 10.2. The third-order valence-corrected chi connectivity index (χ3v) is 7.17. The van der Waals surface area contributed by atoms with E-state index in [0.717, 1.165) is 5.56 Å². The Morgan fingerprint density at radius 2 is 1.59 bits per heavy atom. The molecule has 142 valence electrons. The molecule has 27 heavy (non-hydrogen) atoms. The van der Waals surface area contributed by atoms with E-state index >= 15 is 0 Å². The molecule has 0 atom stereocenters. The van der Waals surface area contributed by atoms with Crippen molar-refractivity contribution in [1.29, 1.82) is 0 Å². The number of halogens is 2. The number of sulfonamides is 1.